The maximum absolute atomic E-state index is 12.6. The van der Waals surface area contributed by atoms with E-state index in [1.54, 1.807) is 5.57 Å². The molecule has 1 saturated heterocycles. The number of esters is 1. The Kier molecular flexibility index (Phi) is 6.45. The number of hydrogen-bond donors (Lipinski definition) is 0. The van der Waals surface area contributed by atoms with Gasteiger partial charge in [0.25, 0.3) is 0 Å². The second-order valence-corrected chi connectivity index (χ2v) is 17.6. The number of fused-ring (bicyclic) bond motifs is 9. The van der Waals surface area contributed by atoms with Gasteiger partial charge in [0, 0.05) is 17.3 Å². The van der Waals surface area contributed by atoms with Gasteiger partial charge in [-0.1, -0.05) is 67.0 Å². The summed E-state index contributed by atoms with van der Waals surface area (Å²) in [5.74, 6) is 1.29. The zero-order valence-corrected chi connectivity index (χ0v) is 27.4. The van der Waals surface area contributed by atoms with Crippen molar-refractivity contribution in [3.63, 3.8) is 0 Å². The van der Waals surface area contributed by atoms with Crippen molar-refractivity contribution >= 4 is 5.97 Å². The van der Waals surface area contributed by atoms with Crippen LogP contribution in [-0.4, -0.2) is 30.6 Å². The second kappa shape index (κ2) is 8.84. The molecule has 10 atom stereocenters. The van der Waals surface area contributed by atoms with Crippen molar-refractivity contribution < 1.29 is 19.0 Å². The van der Waals surface area contributed by atoms with Crippen LogP contribution in [0.4, 0.5) is 0 Å². The van der Waals surface area contributed by atoms with E-state index in [4.69, 9.17) is 14.2 Å². The molecule has 0 bridgehead atoms. The predicted molar refractivity (Wildman–Crippen MR) is 159 cm³/mol. The van der Waals surface area contributed by atoms with E-state index in [1.165, 1.54) is 38.5 Å². The molecule has 5 aliphatic carbocycles. The molecule has 1 aliphatic heterocycles. The Balaban J connectivity index is 1.36. The lowest BCUT2D eigenvalue weighted by Gasteiger charge is -2.72. The van der Waals surface area contributed by atoms with Gasteiger partial charge in [0.1, 0.15) is 6.10 Å². The minimum atomic E-state index is -0.469. The van der Waals surface area contributed by atoms with Gasteiger partial charge in [-0.25, -0.2) is 0 Å². The first kappa shape index (κ1) is 29.2. The third-order valence-corrected chi connectivity index (χ3v) is 14.5. The standard InChI is InChI=1S/C36H58O4/c1-11-29(37)39-28-21-30(2,3)20-24-23-12-13-26-33(7)16-15-27-34(8,22-38-31(4,5)40-27)25(33)14-17-36(26,10)35(23,9)19-18-32(24,28)6/h12,24-28H,11,13-22H2,1-10H3/t24-,25?,26-,27?,28-,32-,33+,34+,35-,36-/m1/s1. The highest BCUT2D eigenvalue weighted by atomic mass is 16.7. The van der Waals surface area contributed by atoms with E-state index >= 15 is 0 Å². The number of allylic oxidation sites excluding steroid dienone is 2. The van der Waals surface area contributed by atoms with Crippen molar-refractivity contribution in [3.8, 4) is 0 Å². The summed E-state index contributed by atoms with van der Waals surface area (Å²) in [6.07, 6.45) is 14.2. The normalized spacial score (nSPS) is 52.5. The van der Waals surface area contributed by atoms with Crippen LogP contribution in [0.1, 0.15) is 133 Å². The van der Waals surface area contributed by atoms with Gasteiger partial charge in [-0.15, -0.1) is 0 Å². The lowest BCUT2D eigenvalue weighted by atomic mass is 9.33. The Bertz CT molecular complexity index is 1090. The summed E-state index contributed by atoms with van der Waals surface area (Å²) in [6, 6.07) is 0. The topological polar surface area (TPSA) is 44.8 Å². The van der Waals surface area contributed by atoms with Crippen molar-refractivity contribution in [3.05, 3.63) is 11.6 Å². The smallest absolute Gasteiger partial charge is 0.305 e. The second-order valence-electron chi connectivity index (χ2n) is 17.6. The summed E-state index contributed by atoms with van der Waals surface area (Å²) >= 11 is 0. The fourth-order valence-corrected chi connectivity index (χ4v) is 12.0. The number of carbonyl (C=O) groups is 1. The number of rotatable bonds is 2. The van der Waals surface area contributed by atoms with Crippen molar-refractivity contribution in [2.24, 2.45) is 50.2 Å². The first-order chi connectivity index (χ1) is 18.4. The molecule has 0 amide bonds. The quantitative estimate of drug-likeness (QED) is 0.253. The Morgan fingerprint density at radius 2 is 1.60 bits per heavy atom. The van der Waals surface area contributed by atoms with Gasteiger partial charge in [0.2, 0.25) is 0 Å². The maximum atomic E-state index is 12.6. The molecule has 0 aromatic carbocycles. The largest absolute Gasteiger partial charge is 0.462 e. The van der Waals surface area contributed by atoms with Gasteiger partial charge in [0.15, 0.2) is 5.79 Å². The zero-order chi connectivity index (χ0) is 29.1. The molecule has 4 nitrogen and oxygen atoms in total. The van der Waals surface area contributed by atoms with Gasteiger partial charge in [0.05, 0.1) is 12.7 Å². The third kappa shape index (κ3) is 3.85. The summed E-state index contributed by atoms with van der Waals surface area (Å²) in [6.45, 7) is 24.6. The fraction of sp³-hybridized carbons (Fsp3) is 0.917. The molecule has 4 heteroatoms. The Morgan fingerprint density at radius 1 is 0.875 bits per heavy atom. The van der Waals surface area contributed by atoms with E-state index in [-0.39, 0.29) is 39.1 Å². The molecule has 40 heavy (non-hydrogen) atoms. The van der Waals surface area contributed by atoms with E-state index in [9.17, 15) is 4.79 Å². The lowest BCUT2D eigenvalue weighted by Crippen LogP contribution is -2.68. The third-order valence-electron chi connectivity index (χ3n) is 14.5. The molecule has 0 radical (unpaired) electrons. The monoisotopic (exact) mass is 554 g/mol. The summed E-state index contributed by atoms with van der Waals surface area (Å²) in [7, 11) is 0. The van der Waals surface area contributed by atoms with Crippen LogP contribution < -0.4 is 0 Å². The lowest BCUT2D eigenvalue weighted by molar-refractivity contribution is -0.351. The minimum Gasteiger partial charge on any atom is -0.462 e. The van der Waals surface area contributed by atoms with Crippen LogP contribution >= 0.6 is 0 Å². The van der Waals surface area contributed by atoms with E-state index in [0.29, 0.717) is 35.7 Å². The Labute approximate surface area is 244 Å². The van der Waals surface area contributed by atoms with Crippen LogP contribution in [0, 0.1) is 50.2 Å². The summed E-state index contributed by atoms with van der Waals surface area (Å²) in [5, 5.41) is 0. The molecule has 0 aromatic rings. The molecule has 0 N–H and O–H groups in total. The van der Waals surface area contributed by atoms with Gasteiger partial charge < -0.3 is 14.2 Å². The number of ether oxygens (including phenoxy) is 3. The van der Waals surface area contributed by atoms with Crippen LogP contribution in [0.3, 0.4) is 0 Å². The van der Waals surface area contributed by atoms with E-state index in [1.807, 2.05) is 6.92 Å². The molecule has 226 valence electrons. The van der Waals surface area contributed by atoms with Crippen LogP contribution in [0.25, 0.3) is 0 Å². The average molecular weight is 555 g/mol. The van der Waals surface area contributed by atoms with Crippen molar-refractivity contribution in [1.29, 1.82) is 0 Å². The molecular weight excluding hydrogens is 496 g/mol. The van der Waals surface area contributed by atoms with E-state index < -0.39 is 5.79 Å². The molecule has 2 unspecified atom stereocenters. The molecular formula is C36H58O4. The summed E-state index contributed by atoms with van der Waals surface area (Å²) in [4.78, 5) is 12.6. The Hall–Kier alpha value is -0.870. The molecule has 6 rings (SSSR count). The summed E-state index contributed by atoms with van der Waals surface area (Å²) in [5.41, 5.74) is 2.78. The zero-order valence-electron chi connectivity index (χ0n) is 27.4. The molecule has 5 fully saturated rings. The SMILES string of the molecule is CCC(=O)O[C@@H]1CC(C)(C)C[C@@H]2C3=CC[C@@H]4[C@@]5(C)CCC6OC(C)(C)OC[C@@]6(C)C5CC[C@@]4(C)[C@]3(C)CC[C@]21C. The van der Waals surface area contributed by atoms with E-state index in [0.717, 1.165) is 25.9 Å². The van der Waals surface area contributed by atoms with Crippen LogP contribution in [0.15, 0.2) is 11.6 Å². The Morgan fingerprint density at radius 3 is 2.30 bits per heavy atom. The highest BCUT2D eigenvalue weighted by Crippen LogP contribution is 2.76. The van der Waals surface area contributed by atoms with Crippen LogP contribution in [0.5, 0.6) is 0 Å². The number of carbonyl (C=O) groups excluding carboxylic acids is 1. The first-order valence-electron chi connectivity index (χ1n) is 16.7. The number of hydrogen-bond acceptors (Lipinski definition) is 4. The van der Waals surface area contributed by atoms with Crippen LogP contribution in [0.2, 0.25) is 0 Å². The van der Waals surface area contributed by atoms with Gasteiger partial charge in [-0.05, 0) is 111 Å². The average Bonchev–Trinajstić information content (AvgIpc) is 2.86. The fourth-order valence-electron chi connectivity index (χ4n) is 12.0. The van der Waals surface area contributed by atoms with Gasteiger partial charge in [-0.2, -0.15) is 0 Å². The van der Waals surface area contributed by atoms with E-state index in [2.05, 4.69) is 68.4 Å². The predicted octanol–water partition coefficient (Wildman–Crippen LogP) is 8.87. The maximum Gasteiger partial charge on any atom is 0.305 e. The van der Waals surface area contributed by atoms with Crippen LogP contribution in [-0.2, 0) is 19.0 Å². The van der Waals surface area contributed by atoms with Crippen molar-refractivity contribution in [1.82, 2.24) is 0 Å². The molecule has 0 spiro atoms. The van der Waals surface area contributed by atoms with Crippen molar-refractivity contribution in [2.75, 3.05) is 6.61 Å². The molecule has 4 saturated carbocycles. The minimum absolute atomic E-state index is 0.0173. The van der Waals surface area contributed by atoms with Crippen molar-refractivity contribution in [2.45, 2.75) is 151 Å². The van der Waals surface area contributed by atoms with Gasteiger partial charge >= 0.3 is 5.97 Å². The molecule has 1 heterocycles. The highest BCUT2D eigenvalue weighted by Gasteiger charge is 2.70. The highest BCUT2D eigenvalue weighted by molar-refractivity contribution is 5.69. The first-order valence-corrected chi connectivity index (χ1v) is 16.7. The molecule has 6 aliphatic rings. The summed E-state index contributed by atoms with van der Waals surface area (Å²) < 4.78 is 19.2. The van der Waals surface area contributed by atoms with Gasteiger partial charge in [-0.3, -0.25) is 4.79 Å². The molecule has 0 aromatic heterocycles.